The molecule has 126 valence electrons. The van der Waals surface area contributed by atoms with E-state index < -0.39 is 0 Å². The molecular weight excluding hydrogens is 352 g/mol. The molecule has 0 bridgehead atoms. The van der Waals surface area contributed by atoms with Crippen LogP contribution in [0.4, 0.5) is 5.69 Å². The van der Waals surface area contributed by atoms with Gasteiger partial charge in [0.1, 0.15) is 9.23 Å². The van der Waals surface area contributed by atoms with Crippen molar-refractivity contribution in [2.24, 2.45) is 0 Å². The molecule has 0 aromatic heterocycles. The van der Waals surface area contributed by atoms with Crippen molar-refractivity contribution in [3.63, 3.8) is 0 Å². The number of thioether (sulfide) groups is 1. The highest BCUT2D eigenvalue weighted by molar-refractivity contribution is 8.26. The first-order valence-corrected chi connectivity index (χ1v) is 9.21. The molecule has 0 aliphatic carbocycles. The van der Waals surface area contributed by atoms with E-state index in [9.17, 15) is 4.79 Å². The average Bonchev–Trinajstić information content (AvgIpc) is 3.11. The third-order valence-corrected chi connectivity index (χ3v) is 5.72. The topological polar surface area (TPSA) is 32.8 Å². The Morgan fingerprint density at radius 2 is 1.88 bits per heavy atom. The molecule has 0 radical (unpaired) electrons. The number of ether oxygens (including phenoxy) is 1. The number of likely N-dealkylation sites (N-methyl/N-ethyl adjacent to an activating group) is 1. The Labute approximate surface area is 156 Å². The number of carbonyl (C=O) groups excluding carboxylic acids is 1. The molecule has 2 aliphatic rings. The SMILES string of the molecule is CCN1C(=O)/C(=C2/Oc3ccc(-c4ccccc4)cc3N2C)SC1=S. The summed E-state index contributed by atoms with van der Waals surface area (Å²) in [7, 11) is 1.91. The number of benzene rings is 2. The number of hydrogen-bond donors (Lipinski definition) is 0. The van der Waals surface area contributed by atoms with Crippen LogP contribution in [0.25, 0.3) is 11.1 Å². The quantitative estimate of drug-likeness (QED) is 0.585. The van der Waals surface area contributed by atoms with Crippen LogP contribution in [0.3, 0.4) is 0 Å². The van der Waals surface area contributed by atoms with Crippen LogP contribution in [-0.4, -0.2) is 28.7 Å². The lowest BCUT2D eigenvalue weighted by Gasteiger charge is -2.14. The molecule has 0 spiro atoms. The lowest BCUT2D eigenvalue weighted by Crippen LogP contribution is -2.28. The molecule has 0 saturated carbocycles. The number of amides is 1. The average molecular weight is 368 g/mol. The minimum atomic E-state index is -0.0876. The zero-order valence-corrected chi connectivity index (χ0v) is 15.5. The van der Waals surface area contributed by atoms with Gasteiger partial charge in [0.15, 0.2) is 5.75 Å². The molecule has 2 aromatic carbocycles. The molecule has 25 heavy (non-hydrogen) atoms. The van der Waals surface area contributed by atoms with Crippen molar-refractivity contribution < 1.29 is 9.53 Å². The van der Waals surface area contributed by atoms with Gasteiger partial charge in [0.05, 0.1) is 5.69 Å². The summed E-state index contributed by atoms with van der Waals surface area (Å²) in [6.45, 7) is 2.48. The Kier molecular flexibility index (Phi) is 4.01. The molecule has 1 saturated heterocycles. The highest BCUT2D eigenvalue weighted by Gasteiger charge is 2.38. The van der Waals surface area contributed by atoms with E-state index in [4.69, 9.17) is 17.0 Å². The van der Waals surface area contributed by atoms with E-state index in [2.05, 4.69) is 18.2 Å². The van der Waals surface area contributed by atoms with Crippen molar-refractivity contribution in [1.29, 1.82) is 0 Å². The maximum atomic E-state index is 12.6. The second kappa shape index (κ2) is 6.20. The molecular formula is C19H16N2O2S2. The Bertz CT molecular complexity index is 909. The normalized spacial score (nSPS) is 19.4. The van der Waals surface area contributed by atoms with Crippen LogP contribution in [0, 0.1) is 0 Å². The van der Waals surface area contributed by atoms with Crippen molar-refractivity contribution in [3.8, 4) is 16.9 Å². The van der Waals surface area contributed by atoms with E-state index >= 15 is 0 Å². The second-order valence-electron chi connectivity index (χ2n) is 5.76. The first-order chi connectivity index (χ1) is 12.1. The molecule has 4 rings (SSSR count). The van der Waals surface area contributed by atoms with Gasteiger partial charge in [-0.25, -0.2) is 0 Å². The number of hydrogen-bond acceptors (Lipinski definition) is 5. The Balaban J connectivity index is 1.73. The van der Waals surface area contributed by atoms with Crippen molar-refractivity contribution in [2.75, 3.05) is 18.5 Å². The lowest BCUT2D eigenvalue weighted by atomic mass is 10.0. The van der Waals surface area contributed by atoms with Crippen LogP contribution in [-0.2, 0) is 4.79 Å². The summed E-state index contributed by atoms with van der Waals surface area (Å²) in [6, 6.07) is 16.2. The smallest absolute Gasteiger partial charge is 0.271 e. The third kappa shape index (κ3) is 2.62. The Morgan fingerprint density at radius 1 is 1.12 bits per heavy atom. The number of carbonyl (C=O) groups is 1. The number of nitrogens with zero attached hydrogens (tertiary/aromatic N) is 2. The maximum Gasteiger partial charge on any atom is 0.271 e. The minimum absolute atomic E-state index is 0.0876. The van der Waals surface area contributed by atoms with Crippen LogP contribution in [0.5, 0.6) is 5.75 Å². The summed E-state index contributed by atoms with van der Waals surface area (Å²) in [5.41, 5.74) is 3.19. The fourth-order valence-corrected chi connectivity index (χ4v) is 4.38. The van der Waals surface area contributed by atoms with Crippen LogP contribution >= 0.6 is 24.0 Å². The Hall–Kier alpha value is -2.31. The largest absolute Gasteiger partial charge is 0.437 e. The van der Waals surface area contributed by atoms with Crippen molar-refractivity contribution in [2.45, 2.75) is 6.92 Å². The highest BCUT2D eigenvalue weighted by Crippen LogP contribution is 2.44. The monoisotopic (exact) mass is 368 g/mol. The van der Waals surface area contributed by atoms with E-state index in [1.807, 2.05) is 49.2 Å². The molecule has 0 unspecified atom stereocenters. The number of rotatable bonds is 2. The molecule has 6 heteroatoms. The molecule has 2 aromatic rings. The summed E-state index contributed by atoms with van der Waals surface area (Å²) in [4.78, 5) is 16.6. The standard InChI is InChI=1S/C19H16N2O2S2/c1-3-21-17(22)16(25-19(21)24)18-20(2)14-11-13(9-10-15(14)23-18)12-7-5-4-6-8-12/h4-11H,3H2,1-2H3/b18-16-. The molecule has 1 amide bonds. The van der Waals surface area contributed by atoms with Gasteiger partial charge in [-0.3, -0.25) is 9.69 Å². The van der Waals surface area contributed by atoms with Gasteiger partial charge >= 0.3 is 0 Å². The number of anilines is 1. The molecule has 1 fully saturated rings. The predicted octanol–water partition coefficient (Wildman–Crippen LogP) is 4.23. The predicted molar refractivity (Wildman–Crippen MR) is 106 cm³/mol. The van der Waals surface area contributed by atoms with Crippen molar-refractivity contribution in [1.82, 2.24) is 4.90 Å². The van der Waals surface area contributed by atoms with E-state index in [1.165, 1.54) is 11.8 Å². The summed E-state index contributed by atoms with van der Waals surface area (Å²) in [5, 5.41) is 0. The van der Waals surface area contributed by atoms with Crippen LogP contribution in [0.1, 0.15) is 6.92 Å². The second-order valence-corrected chi connectivity index (χ2v) is 7.41. The van der Waals surface area contributed by atoms with E-state index in [0.717, 1.165) is 22.6 Å². The number of fused-ring (bicyclic) bond motifs is 1. The van der Waals surface area contributed by atoms with Gasteiger partial charge in [0, 0.05) is 13.6 Å². The van der Waals surface area contributed by atoms with Gasteiger partial charge in [-0.15, -0.1) is 0 Å². The molecule has 2 heterocycles. The van der Waals surface area contributed by atoms with Crippen LogP contribution in [0.15, 0.2) is 59.3 Å². The summed E-state index contributed by atoms with van der Waals surface area (Å²) in [5.74, 6) is 1.21. The van der Waals surface area contributed by atoms with E-state index in [1.54, 1.807) is 4.90 Å². The molecule has 0 atom stereocenters. The molecule has 0 N–H and O–H groups in total. The van der Waals surface area contributed by atoms with Crippen molar-refractivity contribution >= 4 is 39.9 Å². The van der Waals surface area contributed by atoms with Gasteiger partial charge in [-0.1, -0.05) is 48.6 Å². The molecule has 2 aliphatic heterocycles. The summed E-state index contributed by atoms with van der Waals surface area (Å²) in [6.07, 6.45) is 0. The maximum absolute atomic E-state index is 12.6. The van der Waals surface area contributed by atoms with E-state index in [-0.39, 0.29) is 5.91 Å². The van der Waals surface area contributed by atoms with Crippen LogP contribution < -0.4 is 9.64 Å². The van der Waals surface area contributed by atoms with Gasteiger partial charge < -0.3 is 9.64 Å². The summed E-state index contributed by atoms with van der Waals surface area (Å²) >= 11 is 6.60. The van der Waals surface area contributed by atoms with Gasteiger partial charge in [-0.2, -0.15) is 0 Å². The molecule has 4 nitrogen and oxygen atoms in total. The van der Waals surface area contributed by atoms with Gasteiger partial charge in [-0.05, 0) is 41.9 Å². The van der Waals surface area contributed by atoms with E-state index in [0.29, 0.717) is 21.7 Å². The number of thiocarbonyl (C=S) groups is 1. The minimum Gasteiger partial charge on any atom is -0.437 e. The zero-order valence-electron chi connectivity index (χ0n) is 13.9. The lowest BCUT2D eigenvalue weighted by molar-refractivity contribution is -0.122. The fourth-order valence-electron chi connectivity index (χ4n) is 2.96. The van der Waals surface area contributed by atoms with Gasteiger partial charge in [0.25, 0.3) is 5.91 Å². The highest BCUT2D eigenvalue weighted by atomic mass is 32.2. The third-order valence-electron chi connectivity index (χ3n) is 4.30. The fraction of sp³-hybridized carbons (Fsp3) is 0.158. The summed E-state index contributed by atoms with van der Waals surface area (Å²) < 4.78 is 6.56. The van der Waals surface area contributed by atoms with Crippen LogP contribution in [0.2, 0.25) is 0 Å². The first kappa shape index (κ1) is 16.2. The van der Waals surface area contributed by atoms with Crippen molar-refractivity contribution in [3.05, 3.63) is 59.3 Å². The first-order valence-electron chi connectivity index (χ1n) is 7.99. The van der Waals surface area contributed by atoms with Gasteiger partial charge in [0.2, 0.25) is 5.88 Å². The Morgan fingerprint density at radius 3 is 2.56 bits per heavy atom. The zero-order chi connectivity index (χ0) is 17.6.